The van der Waals surface area contributed by atoms with Crippen LogP contribution >= 0.6 is 0 Å². The van der Waals surface area contributed by atoms with Crippen molar-refractivity contribution in [2.45, 2.75) is 53.9 Å². The average molecular weight is 290 g/mol. The first-order chi connectivity index (χ1) is 9.99. The minimum absolute atomic E-state index is 0.313. The Morgan fingerprint density at radius 2 is 1.86 bits per heavy atom. The van der Waals surface area contributed by atoms with Crippen molar-refractivity contribution in [2.24, 2.45) is 0 Å². The first kappa shape index (κ1) is 17.3. The van der Waals surface area contributed by atoms with E-state index in [0.29, 0.717) is 11.5 Å². The number of methoxy groups -OCH3 is 1. The van der Waals surface area contributed by atoms with E-state index in [1.54, 1.807) is 7.11 Å². The lowest BCUT2D eigenvalue weighted by Gasteiger charge is -2.18. The van der Waals surface area contributed by atoms with Gasteiger partial charge in [0.2, 0.25) is 0 Å². The molecule has 0 saturated carbocycles. The summed E-state index contributed by atoms with van der Waals surface area (Å²) in [4.78, 5) is 11.5. The molecular formula is C18H26O3. The largest absolute Gasteiger partial charge is 0.496 e. The molecule has 116 valence electrons. The molecule has 0 radical (unpaired) electrons. The predicted octanol–water partition coefficient (Wildman–Crippen LogP) is 4.96. The topological polar surface area (TPSA) is 39.4 Å². The fourth-order valence-corrected chi connectivity index (χ4v) is 2.47. The molecule has 0 aliphatic carbocycles. The van der Waals surface area contributed by atoms with Crippen molar-refractivity contribution < 1.29 is 9.15 Å². The normalized spacial score (nSPS) is 11.8. The van der Waals surface area contributed by atoms with Crippen molar-refractivity contribution in [1.29, 1.82) is 0 Å². The summed E-state index contributed by atoms with van der Waals surface area (Å²) in [6.07, 6.45) is 1.04. The van der Waals surface area contributed by atoms with Gasteiger partial charge in [0.15, 0.2) is 0 Å². The zero-order valence-electron chi connectivity index (χ0n) is 14.2. The van der Waals surface area contributed by atoms with E-state index >= 15 is 0 Å². The molecule has 1 aromatic heterocycles. The van der Waals surface area contributed by atoms with Gasteiger partial charge in [-0.05, 0) is 43.4 Å². The van der Waals surface area contributed by atoms with Crippen LogP contribution in [0.15, 0.2) is 21.3 Å². The van der Waals surface area contributed by atoms with Gasteiger partial charge >= 0.3 is 5.63 Å². The summed E-state index contributed by atoms with van der Waals surface area (Å²) in [5.74, 6) is 1.24. The summed E-state index contributed by atoms with van der Waals surface area (Å²) in [6, 6.07) is 3.63. The zero-order chi connectivity index (χ0) is 16.2. The molecule has 0 aliphatic rings. The summed E-state index contributed by atoms with van der Waals surface area (Å²) < 4.78 is 10.9. The van der Waals surface area contributed by atoms with Crippen LogP contribution in [0, 0.1) is 13.8 Å². The van der Waals surface area contributed by atoms with E-state index in [1.807, 2.05) is 27.7 Å². The number of fused-ring (bicyclic) bond motifs is 1. The first-order valence-electron chi connectivity index (χ1n) is 7.61. The molecule has 1 heterocycles. The van der Waals surface area contributed by atoms with E-state index in [0.717, 1.165) is 28.7 Å². The van der Waals surface area contributed by atoms with Crippen molar-refractivity contribution in [3.05, 3.63) is 39.2 Å². The van der Waals surface area contributed by atoms with Crippen LogP contribution < -0.4 is 10.4 Å². The summed E-state index contributed by atoms with van der Waals surface area (Å²) in [5, 5.41) is 0.994. The highest BCUT2D eigenvalue weighted by molar-refractivity contribution is 5.86. The van der Waals surface area contributed by atoms with Gasteiger partial charge in [-0.1, -0.05) is 27.7 Å². The predicted molar refractivity (Wildman–Crippen MR) is 88.6 cm³/mol. The van der Waals surface area contributed by atoms with Crippen molar-refractivity contribution in [3.8, 4) is 5.75 Å². The van der Waals surface area contributed by atoms with Gasteiger partial charge in [0.05, 0.1) is 7.11 Å². The van der Waals surface area contributed by atoms with Gasteiger partial charge in [0.1, 0.15) is 11.3 Å². The lowest BCUT2D eigenvalue weighted by molar-refractivity contribution is 0.402. The second-order valence-corrected chi connectivity index (χ2v) is 5.06. The molecule has 0 amide bonds. The Kier molecular flexibility index (Phi) is 6.01. The van der Waals surface area contributed by atoms with Gasteiger partial charge < -0.3 is 9.15 Å². The monoisotopic (exact) mass is 290 g/mol. The molecule has 0 spiro atoms. The van der Waals surface area contributed by atoms with Crippen LogP contribution in [0.2, 0.25) is 0 Å². The van der Waals surface area contributed by atoms with Gasteiger partial charge in [-0.25, -0.2) is 4.79 Å². The number of benzene rings is 1. The van der Waals surface area contributed by atoms with Crippen LogP contribution in [0.5, 0.6) is 5.75 Å². The van der Waals surface area contributed by atoms with Crippen LogP contribution in [-0.4, -0.2) is 7.11 Å². The Hall–Kier alpha value is -1.77. The Balaban J connectivity index is 0.00000106. The SMILES string of the molecule is CC.CCC(C)c1cc2c(C)cc(=O)oc2c(C)c1OC. The highest BCUT2D eigenvalue weighted by Gasteiger charge is 2.17. The van der Waals surface area contributed by atoms with Crippen molar-refractivity contribution >= 4 is 11.0 Å². The Morgan fingerprint density at radius 3 is 2.38 bits per heavy atom. The molecule has 1 atom stereocenters. The Labute approximate surface area is 126 Å². The smallest absolute Gasteiger partial charge is 0.336 e. The molecule has 0 fully saturated rings. The van der Waals surface area contributed by atoms with Crippen molar-refractivity contribution in [2.75, 3.05) is 7.11 Å². The van der Waals surface area contributed by atoms with E-state index in [2.05, 4.69) is 19.9 Å². The quantitative estimate of drug-likeness (QED) is 0.750. The highest BCUT2D eigenvalue weighted by Crippen LogP contribution is 2.37. The molecule has 0 aliphatic heterocycles. The third-order valence-corrected chi connectivity index (χ3v) is 3.80. The standard InChI is InChI=1S/C16H20O3.C2H6/c1-6-9(2)12-8-13-10(3)7-14(17)19-16(13)11(4)15(12)18-5;1-2/h7-9H,6H2,1-5H3;1-2H3. The van der Waals surface area contributed by atoms with Gasteiger partial charge in [0.25, 0.3) is 0 Å². The summed E-state index contributed by atoms with van der Waals surface area (Å²) in [5.41, 5.74) is 3.34. The summed E-state index contributed by atoms with van der Waals surface area (Å²) in [6.45, 7) is 12.2. The Morgan fingerprint density at radius 1 is 1.24 bits per heavy atom. The molecule has 0 saturated heterocycles. The van der Waals surface area contributed by atoms with Gasteiger partial charge in [-0.3, -0.25) is 0 Å². The van der Waals surface area contributed by atoms with E-state index in [1.165, 1.54) is 11.6 Å². The maximum atomic E-state index is 11.5. The Bertz CT molecular complexity index is 668. The third-order valence-electron chi connectivity index (χ3n) is 3.80. The lowest BCUT2D eigenvalue weighted by atomic mass is 9.92. The molecule has 21 heavy (non-hydrogen) atoms. The zero-order valence-corrected chi connectivity index (χ0v) is 14.2. The molecule has 0 N–H and O–H groups in total. The van der Waals surface area contributed by atoms with E-state index in [9.17, 15) is 4.79 Å². The fourth-order valence-electron chi connectivity index (χ4n) is 2.47. The summed E-state index contributed by atoms with van der Waals surface area (Å²) in [7, 11) is 1.66. The second kappa shape index (κ2) is 7.30. The van der Waals surface area contributed by atoms with Crippen LogP contribution in [-0.2, 0) is 0 Å². The highest BCUT2D eigenvalue weighted by atomic mass is 16.5. The molecule has 3 nitrogen and oxygen atoms in total. The maximum absolute atomic E-state index is 11.5. The average Bonchev–Trinajstić information content (AvgIpc) is 2.49. The molecule has 1 unspecified atom stereocenters. The fraction of sp³-hybridized carbons (Fsp3) is 0.500. The number of ether oxygens (including phenoxy) is 1. The second-order valence-electron chi connectivity index (χ2n) is 5.06. The van der Waals surface area contributed by atoms with Gasteiger partial charge in [-0.15, -0.1) is 0 Å². The van der Waals surface area contributed by atoms with E-state index in [-0.39, 0.29) is 5.63 Å². The van der Waals surface area contributed by atoms with Crippen LogP contribution in [0.4, 0.5) is 0 Å². The molecule has 2 aromatic rings. The van der Waals surface area contributed by atoms with Crippen molar-refractivity contribution in [1.82, 2.24) is 0 Å². The van der Waals surface area contributed by atoms with E-state index in [4.69, 9.17) is 9.15 Å². The summed E-state index contributed by atoms with van der Waals surface area (Å²) >= 11 is 0. The van der Waals surface area contributed by atoms with Crippen molar-refractivity contribution in [3.63, 3.8) is 0 Å². The number of hydrogen-bond acceptors (Lipinski definition) is 3. The molecule has 0 bridgehead atoms. The molecule has 2 rings (SSSR count). The maximum Gasteiger partial charge on any atom is 0.336 e. The van der Waals surface area contributed by atoms with Gasteiger partial charge in [-0.2, -0.15) is 0 Å². The van der Waals surface area contributed by atoms with Crippen LogP contribution in [0.25, 0.3) is 11.0 Å². The van der Waals surface area contributed by atoms with Gasteiger partial charge in [0, 0.05) is 17.0 Å². The number of aryl methyl sites for hydroxylation is 2. The number of rotatable bonds is 3. The van der Waals surface area contributed by atoms with Crippen LogP contribution in [0.1, 0.15) is 56.7 Å². The number of hydrogen-bond donors (Lipinski definition) is 0. The molecular weight excluding hydrogens is 264 g/mol. The first-order valence-corrected chi connectivity index (χ1v) is 7.61. The molecule has 1 aromatic carbocycles. The lowest BCUT2D eigenvalue weighted by Crippen LogP contribution is -2.04. The molecule has 3 heteroatoms. The third kappa shape index (κ3) is 3.29. The minimum atomic E-state index is -0.313. The van der Waals surface area contributed by atoms with E-state index < -0.39 is 0 Å². The van der Waals surface area contributed by atoms with Crippen LogP contribution in [0.3, 0.4) is 0 Å². The minimum Gasteiger partial charge on any atom is -0.496 e.